The Morgan fingerprint density at radius 3 is 2.42 bits per heavy atom. The second-order valence-electron chi connectivity index (χ2n) is 7.04. The molecule has 0 radical (unpaired) electrons. The number of hydrogen-bond donors (Lipinski definition) is 1. The van der Waals surface area contributed by atoms with Gasteiger partial charge in [-0.05, 0) is 55.0 Å². The quantitative estimate of drug-likeness (QED) is 0.683. The van der Waals surface area contributed by atoms with Crippen LogP contribution in [0.25, 0.3) is 0 Å². The summed E-state index contributed by atoms with van der Waals surface area (Å²) in [6.07, 6.45) is 4.39. The van der Waals surface area contributed by atoms with Gasteiger partial charge in [-0.25, -0.2) is 0 Å². The van der Waals surface area contributed by atoms with Crippen LogP contribution in [0.2, 0.25) is 0 Å². The average Bonchev–Trinajstić information content (AvgIpc) is 3.02. The smallest absolute Gasteiger partial charge is 0.0831 e. The summed E-state index contributed by atoms with van der Waals surface area (Å²) in [5.74, 6) is 0.759. The molecule has 1 atom stereocenters. The number of rotatable bonds is 3. The van der Waals surface area contributed by atoms with E-state index in [0.717, 1.165) is 31.1 Å². The molecular formula is C21H24N2O. The van der Waals surface area contributed by atoms with Crippen molar-refractivity contribution < 1.29 is 5.21 Å². The molecule has 1 N–H and O–H groups in total. The van der Waals surface area contributed by atoms with Crippen molar-refractivity contribution in [1.82, 2.24) is 4.90 Å². The highest BCUT2D eigenvalue weighted by atomic mass is 16.4. The third-order valence-corrected chi connectivity index (χ3v) is 5.55. The van der Waals surface area contributed by atoms with Crippen molar-refractivity contribution in [1.29, 1.82) is 0 Å². The Balaban J connectivity index is 1.44. The van der Waals surface area contributed by atoms with Crippen molar-refractivity contribution in [3.05, 3.63) is 71.3 Å². The minimum atomic E-state index is 0.170. The largest absolute Gasteiger partial charge is 0.411 e. The van der Waals surface area contributed by atoms with Crippen molar-refractivity contribution in [2.75, 3.05) is 13.1 Å². The van der Waals surface area contributed by atoms with Gasteiger partial charge in [-0.3, -0.25) is 4.90 Å². The Morgan fingerprint density at radius 1 is 0.958 bits per heavy atom. The van der Waals surface area contributed by atoms with E-state index in [0.29, 0.717) is 0 Å². The molecule has 24 heavy (non-hydrogen) atoms. The maximum atomic E-state index is 9.45. The predicted octanol–water partition coefficient (Wildman–Crippen LogP) is 4.07. The van der Waals surface area contributed by atoms with Crippen LogP contribution >= 0.6 is 0 Å². The molecule has 2 aromatic rings. The second kappa shape index (κ2) is 6.78. The van der Waals surface area contributed by atoms with Gasteiger partial charge in [0.25, 0.3) is 0 Å². The standard InChI is InChI=1S/C21H24N2O/c24-22-20-15-18-8-4-5-9-19(18)21(20)23-12-10-17(11-13-23)14-16-6-2-1-3-7-16/h1-9,17,21,24H,10-15H2/b22-20-/t21-/m1/s1. The molecule has 0 saturated carbocycles. The highest BCUT2D eigenvalue weighted by Gasteiger charge is 2.35. The number of benzene rings is 2. The molecule has 3 heteroatoms. The van der Waals surface area contributed by atoms with E-state index >= 15 is 0 Å². The van der Waals surface area contributed by atoms with Crippen LogP contribution < -0.4 is 0 Å². The minimum absolute atomic E-state index is 0.170. The first-order valence-corrected chi connectivity index (χ1v) is 8.92. The van der Waals surface area contributed by atoms with E-state index in [9.17, 15) is 5.21 Å². The molecule has 0 unspecified atom stereocenters. The topological polar surface area (TPSA) is 35.8 Å². The first kappa shape index (κ1) is 15.4. The molecule has 0 spiro atoms. The molecule has 124 valence electrons. The molecule has 2 aromatic carbocycles. The van der Waals surface area contributed by atoms with E-state index in [1.54, 1.807) is 0 Å². The van der Waals surface area contributed by atoms with Crippen LogP contribution in [0.5, 0.6) is 0 Å². The van der Waals surface area contributed by atoms with E-state index in [1.807, 2.05) is 0 Å². The summed E-state index contributed by atoms with van der Waals surface area (Å²) in [7, 11) is 0. The zero-order valence-corrected chi connectivity index (χ0v) is 13.9. The summed E-state index contributed by atoms with van der Waals surface area (Å²) in [5.41, 5.74) is 4.98. The minimum Gasteiger partial charge on any atom is -0.411 e. The molecular weight excluding hydrogens is 296 g/mol. The Morgan fingerprint density at radius 2 is 1.67 bits per heavy atom. The van der Waals surface area contributed by atoms with E-state index in [4.69, 9.17) is 0 Å². The Bertz CT molecular complexity index is 718. The second-order valence-corrected chi connectivity index (χ2v) is 7.04. The SMILES string of the molecule is O/N=C1/Cc2ccccc2[C@H]1N1CCC(Cc2ccccc2)CC1. The number of nitrogens with zero attached hydrogens (tertiary/aromatic N) is 2. The molecule has 1 saturated heterocycles. The third kappa shape index (κ3) is 2.96. The summed E-state index contributed by atoms with van der Waals surface area (Å²) < 4.78 is 0. The number of oxime groups is 1. The number of hydrogen-bond acceptors (Lipinski definition) is 3. The van der Waals surface area contributed by atoms with Gasteiger partial charge in [0.05, 0.1) is 11.8 Å². The van der Waals surface area contributed by atoms with Gasteiger partial charge >= 0.3 is 0 Å². The molecule has 1 aliphatic carbocycles. The predicted molar refractivity (Wildman–Crippen MR) is 96.6 cm³/mol. The van der Waals surface area contributed by atoms with Crippen LogP contribution in [-0.4, -0.2) is 28.9 Å². The zero-order valence-electron chi connectivity index (χ0n) is 13.9. The molecule has 2 aliphatic rings. The highest BCUT2D eigenvalue weighted by molar-refractivity contribution is 5.96. The Kier molecular flexibility index (Phi) is 4.35. The fourth-order valence-electron chi connectivity index (χ4n) is 4.29. The van der Waals surface area contributed by atoms with E-state index in [-0.39, 0.29) is 6.04 Å². The van der Waals surface area contributed by atoms with Crippen molar-refractivity contribution in [2.24, 2.45) is 11.1 Å². The summed E-state index contributed by atoms with van der Waals surface area (Å²) in [6.45, 7) is 2.16. The first-order chi connectivity index (χ1) is 11.8. The van der Waals surface area contributed by atoms with Crippen LogP contribution in [0.3, 0.4) is 0 Å². The monoisotopic (exact) mass is 320 g/mol. The highest BCUT2D eigenvalue weighted by Crippen LogP contribution is 2.36. The molecule has 0 amide bonds. The normalized spacial score (nSPS) is 23.5. The average molecular weight is 320 g/mol. The van der Waals surface area contributed by atoms with E-state index in [2.05, 4.69) is 64.7 Å². The van der Waals surface area contributed by atoms with Gasteiger partial charge in [0.15, 0.2) is 0 Å². The van der Waals surface area contributed by atoms with Crippen LogP contribution in [0.1, 0.15) is 35.6 Å². The lowest BCUT2D eigenvalue weighted by atomic mass is 9.89. The zero-order chi connectivity index (χ0) is 16.4. The molecule has 3 nitrogen and oxygen atoms in total. The van der Waals surface area contributed by atoms with Gasteiger partial charge in [-0.1, -0.05) is 59.8 Å². The van der Waals surface area contributed by atoms with Crippen molar-refractivity contribution in [2.45, 2.75) is 31.7 Å². The van der Waals surface area contributed by atoms with Crippen LogP contribution in [0.15, 0.2) is 59.8 Å². The molecule has 0 aromatic heterocycles. The number of piperidine rings is 1. The fourth-order valence-corrected chi connectivity index (χ4v) is 4.29. The van der Waals surface area contributed by atoms with Gasteiger partial charge in [0.1, 0.15) is 0 Å². The fraction of sp³-hybridized carbons (Fsp3) is 0.381. The lowest BCUT2D eigenvalue weighted by Crippen LogP contribution is -2.39. The van der Waals surface area contributed by atoms with Gasteiger partial charge in [0.2, 0.25) is 0 Å². The molecule has 1 aliphatic heterocycles. The molecule has 1 fully saturated rings. The van der Waals surface area contributed by atoms with Crippen molar-refractivity contribution in [3.63, 3.8) is 0 Å². The van der Waals surface area contributed by atoms with E-state index in [1.165, 1.54) is 36.0 Å². The van der Waals surface area contributed by atoms with Crippen LogP contribution in [0.4, 0.5) is 0 Å². The summed E-state index contributed by atoms with van der Waals surface area (Å²) in [5, 5.41) is 13.1. The Hall–Kier alpha value is -2.13. The molecule has 1 heterocycles. The maximum Gasteiger partial charge on any atom is 0.0831 e. The van der Waals surface area contributed by atoms with Gasteiger partial charge in [-0.2, -0.15) is 0 Å². The van der Waals surface area contributed by atoms with Crippen molar-refractivity contribution >= 4 is 5.71 Å². The van der Waals surface area contributed by atoms with Gasteiger partial charge in [-0.15, -0.1) is 0 Å². The first-order valence-electron chi connectivity index (χ1n) is 8.92. The summed E-state index contributed by atoms with van der Waals surface area (Å²) in [4.78, 5) is 2.50. The van der Waals surface area contributed by atoms with Gasteiger partial charge < -0.3 is 5.21 Å². The third-order valence-electron chi connectivity index (χ3n) is 5.55. The molecule has 0 bridgehead atoms. The Labute approximate surface area is 143 Å². The van der Waals surface area contributed by atoms with Crippen LogP contribution in [-0.2, 0) is 12.8 Å². The number of likely N-dealkylation sites (tertiary alicyclic amines) is 1. The summed E-state index contributed by atoms with van der Waals surface area (Å²) >= 11 is 0. The van der Waals surface area contributed by atoms with Crippen LogP contribution in [0, 0.1) is 5.92 Å². The maximum absolute atomic E-state index is 9.45. The van der Waals surface area contributed by atoms with Gasteiger partial charge in [0, 0.05) is 6.42 Å². The van der Waals surface area contributed by atoms with Crippen molar-refractivity contribution in [3.8, 4) is 0 Å². The molecule has 4 rings (SSSR count). The number of fused-ring (bicyclic) bond motifs is 1. The lowest BCUT2D eigenvalue weighted by molar-refractivity contribution is 0.161. The summed E-state index contributed by atoms with van der Waals surface area (Å²) in [6, 6.07) is 19.5. The van der Waals surface area contributed by atoms with E-state index < -0.39 is 0 Å². The lowest BCUT2D eigenvalue weighted by Gasteiger charge is -2.36.